The fourth-order valence-corrected chi connectivity index (χ4v) is 8.31. The van der Waals surface area contributed by atoms with Crippen LogP contribution in [0.15, 0.2) is 24.3 Å². The molecule has 0 aliphatic heterocycles. The summed E-state index contributed by atoms with van der Waals surface area (Å²) in [5, 5.41) is 0. The van der Waals surface area contributed by atoms with Crippen LogP contribution >= 0.6 is 0 Å². The number of allylic oxidation sites excluding steroid dienone is 4. The van der Waals surface area contributed by atoms with Crippen molar-refractivity contribution in [1.82, 2.24) is 0 Å². The van der Waals surface area contributed by atoms with Crippen LogP contribution in [0.5, 0.6) is 0 Å². The van der Waals surface area contributed by atoms with Crippen molar-refractivity contribution in [1.29, 1.82) is 0 Å². The SMILES string of the molecule is CCCCC/C=C\C/C=C\CCCCCCCC(=O)O[C@H](COCCCCCCCCCCCCCCCCCC)COC(=O)CCCCCCCCCCCCCCCCC. The minimum Gasteiger partial charge on any atom is -0.462 e. The lowest BCUT2D eigenvalue weighted by molar-refractivity contribution is -0.163. The molecule has 0 spiro atoms. The lowest BCUT2D eigenvalue weighted by atomic mass is 10.0. The van der Waals surface area contributed by atoms with Crippen molar-refractivity contribution >= 4 is 11.9 Å². The number of esters is 2. The van der Waals surface area contributed by atoms with Gasteiger partial charge in [0.2, 0.25) is 0 Å². The predicted molar refractivity (Wildman–Crippen MR) is 270 cm³/mol. The monoisotopic (exact) mass is 873 g/mol. The van der Waals surface area contributed by atoms with Crippen LogP contribution in [0.25, 0.3) is 0 Å². The maximum Gasteiger partial charge on any atom is 0.306 e. The quantitative estimate of drug-likeness (QED) is 0.0346. The second-order valence-corrected chi connectivity index (χ2v) is 18.9. The summed E-state index contributed by atoms with van der Waals surface area (Å²) in [7, 11) is 0. The summed E-state index contributed by atoms with van der Waals surface area (Å²) in [5.74, 6) is -0.391. The van der Waals surface area contributed by atoms with Gasteiger partial charge in [0.25, 0.3) is 0 Å². The maximum atomic E-state index is 12.8. The molecule has 0 aromatic heterocycles. The Balaban J connectivity index is 4.24. The normalized spacial score (nSPS) is 12.2. The molecule has 0 unspecified atom stereocenters. The van der Waals surface area contributed by atoms with E-state index in [-0.39, 0.29) is 18.5 Å². The van der Waals surface area contributed by atoms with Crippen LogP contribution in [0.1, 0.15) is 303 Å². The molecular formula is C57H108O5. The molecule has 0 aliphatic rings. The van der Waals surface area contributed by atoms with Gasteiger partial charge < -0.3 is 14.2 Å². The van der Waals surface area contributed by atoms with Gasteiger partial charge in [-0.1, -0.05) is 263 Å². The molecule has 366 valence electrons. The molecule has 0 saturated carbocycles. The number of hydrogen-bond donors (Lipinski definition) is 0. The van der Waals surface area contributed by atoms with Crippen LogP contribution in [0.3, 0.4) is 0 Å². The van der Waals surface area contributed by atoms with Crippen molar-refractivity contribution < 1.29 is 23.8 Å². The summed E-state index contributed by atoms with van der Waals surface area (Å²) in [4.78, 5) is 25.4. The van der Waals surface area contributed by atoms with Crippen LogP contribution in [0.4, 0.5) is 0 Å². The van der Waals surface area contributed by atoms with Gasteiger partial charge in [0, 0.05) is 19.4 Å². The van der Waals surface area contributed by atoms with Gasteiger partial charge in [-0.05, 0) is 51.4 Å². The Morgan fingerprint density at radius 3 is 1.10 bits per heavy atom. The van der Waals surface area contributed by atoms with E-state index >= 15 is 0 Å². The molecule has 5 heteroatoms. The lowest BCUT2D eigenvalue weighted by Gasteiger charge is -2.18. The highest BCUT2D eigenvalue weighted by molar-refractivity contribution is 5.70. The highest BCUT2D eigenvalue weighted by atomic mass is 16.6. The largest absolute Gasteiger partial charge is 0.462 e. The van der Waals surface area contributed by atoms with Crippen molar-refractivity contribution in [2.24, 2.45) is 0 Å². The van der Waals surface area contributed by atoms with Crippen LogP contribution in [0.2, 0.25) is 0 Å². The molecule has 0 heterocycles. The molecule has 0 radical (unpaired) electrons. The molecule has 0 amide bonds. The summed E-state index contributed by atoms with van der Waals surface area (Å²) in [6.07, 6.45) is 63.3. The van der Waals surface area contributed by atoms with E-state index in [9.17, 15) is 9.59 Å². The van der Waals surface area contributed by atoms with Gasteiger partial charge >= 0.3 is 11.9 Å². The van der Waals surface area contributed by atoms with E-state index in [1.807, 2.05) is 0 Å². The van der Waals surface area contributed by atoms with Crippen molar-refractivity contribution in [3.05, 3.63) is 24.3 Å². The summed E-state index contributed by atoms with van der Waals surface area (Å²) < 4.78 is 17.5. The molecule has 0 saturated heterocycles. The zero-order valence-electron chi connectivity index (χ0n) is 42.2. The zero-order valence-corrected chi connectivity index (χ0v) is 42.2. The molecule has 62 heavy (non-hydrogen) atoms. The molecule has 1 atom stereocenters. The minimum atomic E-state index is -0.536. The smallest absolute Gasteiger partial charge is 0.306 e. The summed E-state index contributed by atoms with van der Waals surface area (Å²) in [6, 6.07) is 0. The predicted octanol–water partition coefficient (Wildman–Crippen LogP) is 18.8. The Bertz CT molecular complexity index is 943. The second-order valence-electron chi connectivity index (χ2n) is 18.9. The number of rotatable bonds is 52. The van der Waals surface area contributed by atoms with Gasteiger partial charge in [0.05, 0.1) is 6.61 Å². The number of ether oxygens (including phenoxy) is 3. The van der Waals surface area contributed by atoms with Crippen LogP contribution in [0, 0.1) is 0 Å². The Morgan fingerprint density at radius 2 is 0.677 bits per heavy atom. The highest BCUT2D eigenvalue weighted by Gasteiger charge is 2.17. The number of carbonyl (C=O) groups is 2. The Hall–Kier alpha value is -1.62. The van der Waals surface area contributed by atoms with E-state index in [1.54, 1.807) is 0 Å². The first-order chi connectivity index (χ1) is 30.6. The van der Waals surface area contributed by atoms with Gasteiger partial charge in [-0.2, -0.15) is 0 Å². The zero-order chi connectivity index (χ0) is 44.9. The molecular weight excluding hydrogens is 765 g/mol. The third-order valence-electron chi connectivity index (χ3n) is 12.5. The fourth-order valence-electron chi connectivity index (χ4n) is 8.31. The number of unbranched alkanes of at least 4 members (excludes halogenated alkanes) is 37. The van der Waals surface area contributed by atoms with E-state index < -0.39 is 6.10 Å². The molecule has 0 aliphatic carbocycles. The molecule has 0 bridgehead atoms. The molecule has 0 aromatic rings. The Kier molecular flexibility index (Phi) is 52.3. The van der Waals surface area contributed by atoms with Crippen molar-refractivity contribution in [2.45, 2.75) is 309 Å². The highest BCUT2D eigenvalue weighted by Crippen LogP contribution is 2.16. The Morgan fingerprint density at radius 1 is 0.355 bits per heavy atom. The van der Waals surface area contributed by atoms with Gasteiger partial charge in [-0.25, -0.2) is 0 Å². The van der Waals surface area contributed by atoms with E-state index in [0.29, 0.717) is 26.1 Å². The van der Waals surface area contributed by atoms with E-state index in [4.69, 9.17) is 14.2 Å². The van der Waals surface area contributed by atoms with E-state index in [1.165, 1.54) is 218 Å². The van der Waals surface area contributed by atoms with Gasteiger partial charge in [0.1, 0.15) is 6.61 Å². The molecule has 0 N–H and O–H groups in total. The first kappa shape index (κ1) is 60.4. The van der Waals surface area contributed by atoms with E-state index in [0.717, 1.165) is 51.4 Å². The van der Waals surface area contributed by atoms with Gasteiger partial charge in [-0.3, -0.25) is 9.59 Å². The first-order valence-electron chi connectivity index (χ1n) is 27.9. The van der Waals surface area contributed by atoms with Crippen LogP contribution in [-0.2, 0) is 23.8 Å². The molecule has 5 nitrogen and oxygen atoms in total. The third-order valence-corrected chi connectivity index (χ3v) is 12.5. The molecule has 0 aromatic carbocycles. The summed E-state index contributed by atoms with van der Waals surface area (Å²) in [5.41, 5.74) is 0. The van der Waals surface area contributed by atoms with Crippen molar-refractivity contribution in [3.8, 4) is 0 Å². The maximum absolute atomic E-state index is 12.8. The topological polar surface area (TPSA) is 61.8 Å². The van der Waals surface area contributed by atoms with Crippen LogP contribution < -0.4 is 0 Å². The third kappa shape index (κ3) is 51.0. The average Bonchev–Trinajstić information content (AvgIpc) is 3.27. The van der Waals surface area contributed by atoms with Gasteiger partial charge in [-0.15, -0.1) is 0 Å². The van der Waals surface area contributed by atoms with Crippen molar-refractivity contribution in [3.63, 3.8) is 0 Å². The fraction of sp³-hybridized carbons (Fsp3) is 0.895. The van der Waals surface area contributed by atoms with Crippen LogP contribution in [-0.4, -0.2) is 37.9 Å². The average molecular weight is 873 g/mol. The molecule has 0 rings (SSSR count). The summed E-state index contributed by atoms with van der Waals surface area (Å²) in [6.45, 7) is 7.86. The minimum absolute atomic E-state index is 0.0877. The number of hydrogen-bond acceptors (Lipinski definition) is 5. The van der Waals surface area contributed by atoms with Crippen molar-refractivity contribution in [2.75, 3.05) is 19.8 Å². The number of carbonyl (C=O) groups excluding carboxylic acids is 2. The summed E-state index contributed by atoms with van der Waals surface area (Å²) >= 11 is 0. The first-order valence-corrected chi connectivity index (χ1v) is 27.9. The second kappa shape index (κ2) is 53.7. The van der Waals surface area contributed by atoms with E-state index in [2.05, 4.69) is 45.1 Å². The van der Waals surface area contributed by atoms with Gasteiger partial charge in [0.15, 0.2) is 6.10 Å². The molecule has 0 fully saturated rings. The Labute approximate surface area is 387 Å². The standard InChI is InChI=1S/C57H108O5/c1-4-7-10-13-16-19-22-25-28-31-34-37-40-43-46-49-52-60-53-55(62-57(59)51-48-45-42-39-36-33-30-27-24-21-18-15-12-9-6-3)54-61-56(58)50-47-44-41-38-35-32-29-26-23-20-17-14-11-8-5-2/h18,21,27,30,55H,4-17,19-20,22-26,28-29,31-54H2,1-3H3/b21-18-,30-27-/t55-/m1/s1. The lowest BCUT2D eigenvalue weighted by Crippen LogP contribution is -2.30.